The SMILES string of the molecule is CCOC(=O)O[C@H](C)n1nnnc1COC[C@@H](C)NC1CCC(Cc2cc(-c3cccc(NCC4(C#N)CCOCC4)n3)c(Cl)cn2)CC1. The molecule has 0 aromatic carbocycles. The van der Waals surface area contributed by atoms with Crippen LogP contribution in [0.1, 0.15) is 77.0 Å². The van der Waals surface area contributed by atoms with Crippen molar-refractivity contribution in [2.75, 3.05) is 38.3 Å². The van der Waals surface area contributed by atoms with Crippen LogP contribution in [0, 0.1) is 22.7 Å². The molecule has 2 atom stereocenters. The Hall–Kier alpha value is -3.90. The van der Waals surface area contributed by atoms with Gasteiger partial charge in [-0.25, -0.2) is 9.78 Å². The van der Waals surface area contributed by atoms with Gasteiger partial charge in [0.1, 0.15) is 12.4 Å². The van der Waals surface area contributed by atoms with Crippen LogP contribution < -0.4 is 10.6 Å². The van der Waals surface area contributed by atoms with E-state index in [2.05, 4.69) is 50.2 Å². The number of hydrogen-bond donors (Lipinski definition) is 2. The summed E-state index contributed by atoms with van der Waals surface area (Å²) in [5, 5.41) is 29.0. The maximum absolute atomic E-state index is 11.6. The third kappa shape index (κ3) is 10.3. The van der Waals surface area contributed by atoms with Gasteiger partial charge >= 0.3 is 6.16 Å². The highest BCUT2D eigenvalue weighted by Gasteiger charge is 2.32. The number of nitrogens with one attached hydrogen (secondary N) is 2. The normalized spacial score (nSPS) is 20.1. The fourth-order valence-corrected chi connectivity index (χ4v) is 6.56. The monoisotopic (exact) mass is 695 g/mol. The molecule has 3 aromatic rings. The van der Waals surface area contributed by atoms with Crippen molar-refractivity contribution in [1.82, 2.24) is 35.5 Å². The van der Waals surface area contributed by atoms with Gasteiger partial charge in [0.2, 0.25) is 0 Å². The van der Waals surface area contributed by atoms with Gasteiger partial charge in [0.15, 0.2) is 12.1 Å². The van der Waals surface area contributed by atoms with Crippen molar-refractivity contribution in [2.45, 2.75) is 90.6 Å². The van der Waals surface area contributed by atoms with E-state index in [9.17, 15) is 10.1 Å². The first kappa shape index (κ1) is 36.4. The highest BCUT2D eigenvalue weighted by molar-refractivity contribution is 6.33. The second-order valence-electron chi connectivity index (χ2n) is 12.9. The van der Waals surface area contributed by atoms with Gasteiger partial charge in [0.25, 0.3) is 0 Å². The number of hydrogen-bond acceptors (Lipinski definition) is 13. The van der Waals surface area contributed by atoms with Crippen molar-refractivity contribution in [3.8, 4) is 17.3 Å². The molecule has 0 unspecified atom stereocenters. The van der Waals surface area contributed by atoms with E-state index >= 15 is 0 Å². The summed E-state index contributed by atoms with van der Waals surface area (Å²) >= 11 is 6.62. The van der Waals surface area contributed by atoms with Crippen LogP contribution in [-0.2, 0) is 32.0 Å². The second kappa shape index (κ2) is 17.7. The summed E-state index contributed by atoms with van der Waals surface area (Å²) in [6, 6.07) is 10.9. The molecule has 5 rings (SSSR count). The number of nitrogens with zero attached hydrogens (tertiary/aromatic N) is 7. The summed E-state index contributed by atoms with van der Waals surface area (Å²) in [4.78, 5) is 21.1. The molecule has 1 saturated heterocycles. The number of nitriles is 1. The van der Waals surface area contributed by atoms with E-state index < -0.39 is 17.8 Å². The number of pyridine rings is 2. The average molecular weight is 696 g/mol. The standard InChI is InChI=1S/C34H46ClN9O5/c1-4-48-33(45)49-24(3)44-32(41-42-43-44)20-47-19-23(2)39-26-10-8-25(9-11-26)16-27-17-28(29(35)18-37-27)30-6-5-7-31(40-30)38-22-34(21-36)12-14-46-15-13-34/h5-7,17-18,23-26,39H,4,8-16,19-20,22H2,1-3H3,(H,38,40)/t23-,24-,25?,26?/m1/s1. The van der Waals surface area contributed by atoms with E-state index in [1.54, 1.807) is 20.0 Å². The zero-order chi connectivity index (χ0) is 34.6. The summed E-state index contributed by atoms with van der Waals surface area (Å²) in [6.07, 6.45) is 6.88. The topological polar surface area (TPSA) is 171 Å². The highest BCUT2D eigenvalue weighted by Crippen LogP contribution is 2.33. The molecule has 1 saturated carbocycles. The van der Waals surface area contributed by atoms with Gasteiger partial charge in [-0.05, 0) is 100 Å². The van der Waals surface area contributed by atoms with Gasteiger partial charge in [-0.15, -0.1) is 5.10 Å². The van der Waals surface area contributed by atoms with Crippen LogP contribution >= 0.6 is 11.6 Å². The first-order valence-electron chi connectivity index (χ1n) is 17.1. The lowest BCUT2D eigenvalue weighted by atomic mass is 9.82. The molecule has 3 aromatic heterocycles. The van der Waals surface area contributed by atoms with Gasteiger partial charge in [-0.1, -0.05) is 17.7 Å². The maximum Gasteiger partial charge on any atom is 0.510 e. The average Bonchev–Trinajstić information content (AvgIpc) is 3.58. The number of carbonyl (C=O) groups excluding carboxylic acids is 1. The Balaban J connectivity index is 1.06. The lowest BCUT2D eigenvalue weighted by Crippen LogP contribution is -2.41. The predicted molar refractivity (Wildman–Crippen MR) is 181 cm³/mol. The molecule has 264 valence electrons. The number of anilines is 1. The third-order valence-electron chi connectivity index (χ3n) is 9.13. The number of tetrazole rings is 1. The summed E-state index contributed by atoms with van der Waals surface area (Å²) in [5.41, 5.74) is 2.20. The molecule has 2 N–H and O–H groups in total. The Morgan fingerprint density at radius 1 is 1.22 bits per heavy atom. The number of carbonyl (C=O) groups is 1. The first-order valence-corrected chi connectivity index (χ1v) is 17.4. The van der Waals surface area contributed by atoms with E-state index in [0.717, 1.165) is 49.1 Å². The van der Waals surface area contributed by atoms with Crippen LogP contribution in [0.5, 0.6) is 0 Å². The van der Waals surface area contributed by atoms with E-state index in [-0.39, 0.29) is 19.3 Å². The zero-order valence-electron chi connectivity index (χ0n) is 28.4. The minimum Gasteiger partial charge on any atom is -0.435 e. The van der Waals surface area contributed by atoms with Gasteiger partial charge in [0, 0.05) is 49.3 Å². The lowest BCUT2D eigenvalue weighted by Gasteiger charge is -2.31. The Morgan fingerprint density at radius 2 is 2.02 bits per heavy atom. The first-order chi connectivity index (χ1) is 23.8. The van der Waals surface area contributed by atoms with Crippen LogP contribution in [0.4, 0.5) is 10.6 Å². The molecular weight excluding hydrogens is 650 g/mol. The molecule has 2 fully saturated rings. The molecule has 0 spiro atoms. The van der Waals surface area contributed by atoms with Crippen molar-refractivity contribution < 1.29 is 23.7 Å². The maximum atomic E-state index is 11.6. The van der Waals surface area contributed by atoms with Crippen LogP contribution in [0.15, 0.2) is 30.5 Å². The quantitative estimate of drug-likeness (QED) is 0.191. The minimum absolute atomic E-state index is 0.138. The summed E-state index contributed by atoms with van der Waals surface area (Å²) in [7, 11) is 0. The van der Waals surface area contributed by atoms with Crippen LogP contribution in [0.3, 0.4) is 0 Å². The minimum atomic E-state index is -0.774. The van der Waals surface area contributed by atoms with Crippen molar-refractivity contribution in [2.24, 2.45) is 11.3 Å². The molecule has 1 aliphatic heterocycles. The fraction of sp³-hybridized carbons (Fsp3) is 0.618. The van der Waals surface area contributed by atoms with Crippen LogP contribution in [0.25, 0.3) is 11.3 Å². The number of ether oxygens (including phenoxy) is 4. The number of halogens is 1. The molecule has 0 amide bonds. The number of aromatic nitrogens is 6. The Kier molecular flexibility index (Phi) is 13.1. The molecule has 0 radical (unpaired) electrons. The van der Waals surface area contributed by atoms with Gasteiger partial charge in [-0.2, -0.15) is 9.94 Å². The Labute approximate surface area is 292 Å². The van der Waals surface area contributed by atoms with Gasteiger partial charge in [0.05, 0.1) is 35.4 Å². The summed E-state index contributed by atoms with van der Waals surface area (Å²) in [5.74, 6) is 1.71. The van der Waals surface area contributed by atoms with Gasteiger partial charge < -0.3 is 29.6 Å². The molecule has 2 aliphatic rings. The second-order valence-corrected chi connectivity index (χ2v) is 13.3. The molecule has 1 aliphatic carbocycles. The molecule has 0 bridgehead atoms. The largest absolute Gasteiger partial charge is 0.510 e. The molecule has 15 heteroatoms. The summed E-state index contributed by atoms with van der Waals surface area (Å²) < 4.78 is 22.8. The van der Waals surface area contributed by atoms with Crippen LogP contribution in [-0.4, -0.2) is 81.4 Å². The third-order valence-corrected chi connectivity index (χ3v) is 9.43. The smallest absolute Gasteiger partial charge is 0.435 e. The number of rotatable bonds is 15. The van der Waals surface area contributed by atoms with Gasteiger partial charge in [-0.3, -0.25) is 4.98 Å². The van der Waals surface area contributed by atoms with Crippen molar-refractivity contribution in [3.05, 3.63) is 47.0 Å². The fourth-order valence-electron chi connectivity index (χ4n) is 6.36. The van der Waals surface area contributed by atoms with E-state index in [1.165, 1.54) is 4.68 Å². The lowest BCUT2D eigenvalue weighted by molar-refractivity contribution is -0.00390. The predicted octanol–water partition coefficient (Wildman–Crippen LogP) is 5.50. The zero-order valence-corrected chi connectivity index (χ0v) is 29.2. The summed E-state index contributed by atoms with van der Waals surface area (Å²) in [6.45, 7) is 8.10. The Morgan fingerprint density at radius 3 is 2.78 bits per heavy atom. The Bertz CT molecular complexity index is 1550. The van der Waals surface area contributed by atoms with Crippen molar-refractivity contribution >= 4 is 23.6 Å². The van der Waals surface area contributed by atoms with E-state index in [4.69, 9.17) is 35.5 Å². The molecule has 14 nitrogen and oxygen atoms in total. The van der Waals surface area contributed by atoms with Crippen molar-refractivity contribution in [3.63, 3.8) is 0 Å². The van der Waals surface area contributed by atoms with Crippen LogP contribution in [0.2, 0.25) is 5.02 Å². The van der Waals surface area contributed by atoms with E-state index in [1.807, 2.05) is 18.2 Å². The molecule has 49 heavy (non-hydrogen) atoms. The highest BCUT2D eigenvalue weighted by atomic mass is 35.5. The molecular formula is C34H46ClN9O5. The van der Waals surface area contributed by atoms with Crippen molar-refractivity contribution in [1.29, 1.82) is 5.26 Å². The molecule has 4 heterocycles. The van der Waals surface area contributed by atoms with E-state index in [0.29, 0.717) is 67.8 Å².